The highest BCUT2D eigenvalue weighted by atomic mass is 19.1. The van der Waals surface area contributed by atoms with Gasteiger partial charge in [-0.15, -0.1) is 0 Å². The summed E-state index contributed by atoms with van der Waals surface area (Å²) in [6.07, 6.45) is 1.14. The SMILES string of the molecule is COc1cc(NCC2(O)CCOCC2)c(N)cc1F. The molecule has 19 heavy (non-hydrogen) atoms. The topological polar surface area (TPSA) is 76.7 Å². The van der Waals surface area contributed by atoms with Gasteiger partial charge in [0.2, 0.25) is 0 Å². The third kappa shape index (κ3) is 3.27. The Hall–Kier alpha value is -1.53. The largest absolute Gasteiger partial charge is 0.494 e. The molecule has 0 bridgehead atoms. The number of hydrogen-bond donors (Lipinski definition) is 3. The molecule has 0 radical (unpaired) electrons. The van der Waals surface area contributed by atoms with Crippen molar-refractivity contribution in [3.05, 3.63) is 17.9 Å². The summed E-state index contributed by atoms with van der Waals surface area (Å²) >= 11 is 0. The van der Waals surface area contributed by atoms with Gasteiger partial charge in [-0.1, -0.05) is 0 Å². The summed E-state index contributed by atoms with van der Waals surface area (Å²) in [5, 5.41) is 13.4. The molecule has 0 aromatic heterocycles. The molecule has 1 fully saturated rings. The van der Waals surface area contributed by atoms with E-state index in [1.165, 1.54) is 19.2 Å². The minimum absolute atomic E-state index is 0.121. The molecule has 0 aliphatic carbocycles. The summed E-state index contributed by atoms with van der Waals surface area (Å²) in [7, 11) is 1.39. The number of nitrogen functional groups attached to an aromatic ring is 1. The van der Waals surface area contributed by atoms with Crippen LogP contribution in [0.15, 0.2) is 12.1 Å². The Bertz CT molecular complexity index is 448. The van der Waals surface area contributed by atoms with Crippen LogP contribution in [0, 0.1) is 5.82 Å². The van der Waals surface area contributed by atoms with E-state index in [1.54, 1.807) is 0 Å². The van der Waals surface area contributed by atoms with Crippen LogP contribution in [-0.4, -0.2) is 37.6 Å². The first-order chi connectivity index (χ1) is 9.04. The van der Waals surface area contributed by atoms with Gasteiger partial charge in [-0.25, -0.2) is 4.39 Å². The van der Waals surface area contributed by atoms with Crippen LogP contribution in [0.5, 0.6) is 5.75 Å². The van der Waals surface area contributed by atoms with Crippen LogP contribution in [0.4, 0.5) is 15.8 Å². The molecule has 1 aliphatic heterocycles. The van der Waals surface area contributed by atoms with E-state index in [-0.39, 0.29) is 11.4 Å². The second kappa shape index (κ2) is 5.63. The van der Waals surface area contributed by atoms with Crippen LogP contribution in [0.2, 0.25) is 0 Å². The molecule has 1 heterocycles. The zero-order valence-electron chi connectivity index (χ0n) is 10.9. The summed E-state index contributed by atoms with van der Waals surface area (Å²) < 4.78 is 23.5. The Labute approximate surface area is 111 Å². The Morgan fingerprint density at radius 1 is 1.47 bits per heavy atom. The molecule has 1 aliphatic rings. The number of nitrogens with two attached hydrogens (primary N) is 1. The Morgan fingerprint density at radius 3 is 2.79 bits per heavy atom. The number of hydrogen-bond acceptors (Lipinski definition) is 5. The maximum atomic E-state index is 13.4. The van der Waals surface area contributed by atoms with Crippen molar-refractivity contribution < 1.29 is 19.0 Å². The van der Waals surface area contributed by atoms with Crippen LogP contribution in [0.25, 0.3) is 0 Å². The predicted octanol–water partition coefficient (Wildman–Crippen LogP) is 1.37. The van der Waals surface area contributed by atoms with E-state index in [4.69, 9.17) is 15.2 Å². The molecule has 2 rings (SSSR count). The van der Waals surface area contributed by atoms with E-state index in [1.807, 2.05) is 0 Å². The smallest absolute Gasteiger partial charge is 0.167 e. The zero-order valence-corrected chi connectivity index (χ0v) is 10.9. The summed E-state index contributed by atoms with van der Waals surface area (Å²) in [4.78, 5) is 0. The highest BCUT2D eigenvalue weighted by molar-refractivity contribution is 5.68. The number of ether oxygens (including phenoxy) is 2. The maximum absolute atomic E-state index is 13.4. The van der Waals surface area contributed by atoms with Crippen molar-refractivity contribution in [2.24, 2.45) is 0 Å². The van der Waals surface area contributed by atoms with Gasteiger partial charge in [0.25, 0.3) is 0 Å². The summed E-state index contributed by atoms with van der Waals surface area (Å²) in [5.74, 6) is -0.383. The summed E-state index contributed by atoms with van der Waals surface area (Å²) in [6.45, 7) is 1.43. The normalized spacial score (nSPS) is 18.1. The quantitative estimate of drug-likeness (QED) is 0.720. The van der Waals surface area contributed by atoms with E-state index < -0.39 is 11.4 Å². The van der Waals surface area contributed by atoms with Crippen molar-refractivity contribution in [3.63, 3.8) is 0 Å². The van der Waals surface area contributed by atoms with Crippen LogP contribution in [0.3, 0.4) is 0 Å². The van der Waals surface area contributed by atoms with Gasteiger partial charge in [-0.2, -0.15) is 0 Å². The van der Waals surface area contributed by atoms with Gasteiger partial charge < -0.3 is 25.6 Å². The standard InChI is InChI=1S/C13H19FN2O3/c1-18-12-7-11(10(15)6-9(12)14)16-8-13(17)2-4-19-5-3-13/h6-7,16-17H,2-5,8,15H2,1H3. The van der Waals surface area contributed by atoms with Gasteiger partial charge in [0.15, 0.2) is 11.6 Å². The zero-order chi connectivity index (χ0) is 13.9. The fourth-order valence-corrected chi connectivity index (χ4v) is 2.07. The molecular formula is C13H19FN2O3. The van der Waals surface area contributed by atoms with Crippen molar-refractivity contribution in [2.75, 3.05) is 37.9 Å². The molecular weight excluding hydrogens is 251 g/mol. The number of nitrogens with one attached hydrogen (secondary N) is 1. The lowest BCUT2D eigenvalue weighted by Gasteiger charge is -2.32. The first-order valence-corrected chi connectivity index (χ1v) is 6.21. The van der Waals surface area contributed by atoms with Crippen molar-refractivity contribution >= 4 is 11.4 Å². The van der Waals surface area contributed by atoms with Gasteiger partial charge in [0, 0.05) is 44.7 Å². The molecule has 106 valence electrons. The number of anilines is 2. The first-order valence-electron chi connectivity index (χ1n) is 6.21. The molecule has 0 atom stereocenters. The van der Waals surface area contributed by atoms with Crippen molar-refractivity contribution in [1.29, 1.82) is 0 Å². The fraction of sp³-hybridized carbons (Fsp3) is 0.538. The van der Waals surface area contributed by atoms with Gasteiger partial charge in [0.05, 0.1) is 24.1 Å². The van der Waals surface area contributed by atoms with Gasteiger partial charge in [-0.05, 0) is 0 Å². The number of halogens is 1. The Balaban J connectivity index is 2.06. The molecule has 5 nitrogen and oxygen atoms in total. The number of aliphatic hydroxyl groups is 1. The highest BCUT2D eigenvalue weighted by Gasteiger charge is 2.29. The van der Waals surface area contributed by atoms with Crippen molar-refractivity contribution in [3.8, 4) is 5.75 Å². The summed E-state index contributed by atoms with van der Waals surface area (Å²) in [5.41, 5.74) is 5.77. The van der Waals surface area contributed by atoms with Crippen LogP contribution in [0.1, 0.15) is 12.8 Å². The third-order valence-corrected chi connectivity index (χ3v) is 3.36. The Kier molecular flexibility index (Phi) is 4.11. The van der Waals surface area contributed by atoms with Gasteiger partial charge in [-0.3, -0.25) is 0 Å². The first kappa shape index (κ1) is 13.9. The molecule has 0 amide bonds. The number of rotatable bonds is 4. The van der Waals surface area contributed by atoms with E-state index >= 15 is 0 Å². The lowest BCUT2D eigenvalue weighted by molar-refractivity contribution is -0.0543. The molecule has 1 aromatic rings. The van der Waals surface area contributed by atoms with Crippen LogP contribution in [-0.2, 0) is 4.74 Å². The van der Waals surface area contributed by atoms with Gasteiger partial charge >= 0.3 is 0 Å². The van der Waals surface area contributed by atoms with E-state index in [0.29, 0.717) is 38.3 Å². The average molecular weight is 270 g/mol. The second-order valence-corrected chi connectivity index (χ2v) is 4.76. The average Bonchev–Trinajstić information content (AvgIpc) is 2.39. The van der Waals surface area contributed by atoms with Crippen LogP contribution >= 0.6 is 0 Å². The van der Waals surface area contributed by atoms with E-state index in [0.717, 1.165) is 0 Å². The molecule has 0 saturated carbocycles. The number of benzene rings is 1. The Morgan fingerprint density at radius 2 is 2.16 bits per heavy atom. The minimum Gasteiger partial charge on any atom is -0.494 e. The lowest BCUT2D eigenvalue weighted by Crippen LogP contribution is -2.42. The maximum Gasteiger partial charge on any atom is 0.167 e. The third-order valence-electron chi connectivity index (χ3n) is 3.36. The molecule has 6 heteroatoms. The lowest BCUT2D eigenvalue weighted by atomic mass is 9.94. The molecule has 0 spiro atoms. The van der Waals surface area contributed by atoms with Crippen LogP contribution < -0.4 is 15.8 Å². The highest BCUT2D eigenvalue weighted by Crippen LogP contribution is 2.29. The second-order valence-electron chi connectivity index (χ2n) is 4.76. The van der Waals surface area contributed by atoms with E-state index in [9.17, 15) is 9.50 Å². The number of methoxy groups -OCH3 is 1. The fourth-order valence-electron chi connectivity index (χ4n) is 2.07. The molecule has 4 N–H and O–H groups in total. The minimum atomic E-state index is -0.813. The monoisotopic (exact) mass is 270 g/mol. The predicted molar refractivity (Wildman–Crippen MR) is 70.9 cm³/mol. The van der Waals surface area contributed by atoms with E-state index in [2.05, 4.69) is 5.32 Å². The van der Waals surface area contributed by atoms with Crippen molar-refractivity contribution in [2.45, 2.75) is 18.4 Å². The molecule has 1 aromatic carbocycles. The van der Waals surface area contributed by atoms with Gasteiger partial charge in [0.1, 0.15) is 0 Å². The molecule has 0 unspecified atom stereocenters. The molecule has 1 saturated heterocycles. The summed E-state index contributed by atoms with van der Waals surface area (Å²) in [6, 6.07) is 2.70. The van der Waals surface area contributed by atoms with Crippen molar-refractivity contribution in [1.82, 2.24) is 0 Å².